The smallest absolute Gasteiger partial charge is 0.245 e. The van der Waals surface area contributed by atoms with Crippen LogP contribution in [0.3, 0.4) is 0 Å². The van der Waals surface area contributed by atoms with Crippen molar-refractivity contribution in [3.63, 3.8) is 0 Å². The molecule has 137 heavy (non-hydrogen) atoms. The van der Waals surface area contributed by atoms with E-state index in [4.69, 9.17) is 86.4 Å². The number of ether oxygens (including phenoxy) is 15. The molecule has 0 spiro atoms. The first kappa shape index (κ1) is 170. The molecular formula is C97H198N12O28. The summed E-state index contributed by atoms with van der Waals surface area (Å²) >= 11 is 0. The van der Waals surface area contributed by atoms with E-state index in [0.29, 0.717) is 198 Å². The second-order valence-corrected chi connectivity index (χ2v) is 25.3. The number of hydrogen-bond donors (Lipinski definition) is 14. The molecule has 14 N–H and O–H groups in total. The zero-order valence-corrected chi connectivity index (χ0v) is 77.7. The van der Waals surface area contributed by atoms with Gasteiger partial charge in [-0.2, -0.15) is 0 Å². The average molecular weight is 1980 g/mol. The Morgan fingerprint density at radius 2 is 0.628 bits per heavy atom. The molecule has 2 unspecified atom stereocenters. The van der Waals surface area contributed by atoms with Gasteiger partial charge in [0.1, 0.15) is 39.1 Å². The summed E-state index contributed by atoms with van der Waals surface area (Å²) in [6.07, 6.45) is 19.1. The summed E-state index contributed by atoms with van der Waals surface area (Å²) in [4.78, 5) is 99.6. The van der Waals surface area contributed by atoms with Crippen LogP contribution in [0.4, 0.5) is 0 Å². The van der Waals surface area contributed by atoms with Crippen molar-refractivity contribution < 1.29 is 135 Å². The molecule has 0 aliphatic rings. The van der Waals surface area contributed by atoms with Gasteiger partial charge in [0, 0.05) is 84.5 Å². The van der Waals surface area contributed by atoms with E-state index < -0.39 is 24.0 Å². The molecule has 40 nitrogen and oxygen atoms in total. The minimum atomic E-state index is -1.48. The monoisotopic (exact) mass is 1980 g/mol. The van der Waals surface area contributed by atoms with Crippen LogP contribution in [0.15, 0.2) is 165 Å². The number of rotatable bonds is 80. The molecule has 2 atom stereocenters. The highest BCUT2D eigenvalue weighted by molar-refractivity contribution is 5.91. The van der Waals surface area contributed by atoms with Crippen LogP contribution in [0.1, 0.15) is 145 Å². The number of nitrogens with one attached hydrogen (secondary N) is 10. The second-order valence-electron chi connectivity index (χ2n) is 25.3. The summed E-state index contributed by atoms with van der Waals surface area (Å²) in [5, 5.41) is 61.4. The summed E-state index contributed by atoms with van der Waals surface area (Å²) in [6, 6.07) is 0.209. The molecule has 6 amide bonds. The largest absolute Gasteiger partial charge is 0.487 e. The summed E-state index contributed by atoms with van der Waals surface area (Å²) in [6.45, 7) is 65.1. The molecule has 0 aliphatic heterocycles. The number of hydrogen-bond acceptors (Lipinski definition) is 34. The van der Waals surface area contributed by atoms with Crippen molar-refractivity contribution in [2.45, 2.75) is 170 Å². The quantitative estimate of drug-likeness (QED) is 0.0117. The molecule has 0 rings (SSSR count). The van der Waals surface area contributed by atoms with Crippen molar-refractivity contribution in [3.05, 3.63) is 165 Å². The van der Waals surface area contributed by atoms with E-state index in [1.165, 1.54) is 61.5 Å². The van der Waals surface area contributed by atoms with Crippen LogP contribution in [0.25, 0.3) is 0 Å². The normalized spacial score (nSPS) is 9.66. The van der Waals surface area contributed by atoms with Crippen LogP contribution in [-0.4, -0.2) is 354 Å². The Hall–Kier alpha value is -9.19. The van der Waals surface area contributed by atoms with Crippen molar-refractivity contribution in [2.75, 3.05) is 247 Å². The van der Waals surface area contributed by atoms with E-state index >= 15 is 0 Å². The maximum absolute atomic E-state index is 11.0. The van der Waals surface area contributed by atoms with Gasteiger partial charge < -0.3 is 133 Å². The van der Waals surface area contributed by atoms with Gasteiger partial charge in [0.25, 0.3) is 0 Å². The van der Waals surface area contributed by atoms with Crippen molar-refractivity contribution in [2.24, 2.45) is 0 Å². The number of carbonyl (C=O) groups is 9. The number of likely N-dealkylation sites (N-methyl/N-ethyl adjacent to an activating group) is 1. The van der Waals surface area contributed by atoms with Crippen LogP contribution >= 0.6 is 0 Å². The fourth-order valence-corrected chi connectivity index (χ4v) is 7.13. The molecule has 0 radical (unpaired) electrons. The third-order valence-corrected chi connectivity index (χ3v) is 13.5. The first-order valence-electron chi connectivity index (χ1n) is 41.5. The first-order chi connectivity index (χ1) is 61.6. The van der Waals surface area contributed by atoms with Gasteiger partial charge in [0.2, 0.25) is 35.4 Å². The molecule has 0 saturated carbocycles. The summed E-state index contributed by atoms with van der Waals surface area (Å²) in [7, 11) is 7.94. The zero-order valence-electron chi connectivity index (χ0n) is 77.7. The Kier molecular flexibility index (Phi) is 186. The first-order valence-corrected chi connectivity index (χ1v) is 41.5. The van der Waals surface area contributed by atoms with Crippen molar-refractivity contribution >= 4 is 52.8 Å². The van der Waals surface area contributed by atoms with Gasteiger partial charge in [0.05, 0.1) is 151 Å². The van der Waals surface area contributed by atoms with Crippen LogP contribution in [-0.2, 0) is 114 Å². The van der Waals surface area contributed by atoms with Crippen molar-refractivity contribution in [1.82, 2.24) is 63.0 Å². The molecule has 0 heterocycles. The molecule has 0 aromatic rings. The topological polar surface area (TPSA) is 500 Å². The van der Waals surface area contributed by atoms with E-state index in [2.05, 4.69) is 138 Å². The number of ketones is 3. The van der Waals surface area contributed by atoms with Crippen molar-refractivity contribution in [3.8, 4) is 0 Å². The molecule has 0 fully saturated rings. The lowest BCUT2D eigenvalue weighted by Crippen LogP contribution is -2.43. The maximum Gasteiger partial charge on any atom is 0.245 e. The molecule has 40 heteroatoms. The number of nitrogens with zero attached hydrogens (tertiary/aromatic N) is 2. The predicted octanol–water partition coefficient (Wildman–Crippen LogP) is 8.62. The minimum absolute atomic E-state index is 0. The average Bonchev–Trinajstić information content (AvgIpc) is 0.938. The minimum Gasteiger partial charge on any atom is -0.487 e. The van der Waals surface area contributed by atoms with Gasteiger partial charge >= 0.3 is 0 Å². The molecular weight excluding hydrogens is 1780 g/mol. The third kappa shape index (κ3) is 176. The molecule has 0 bridgehead atoms. The summed E-state index contributed by atoms with van der Waals surface area (Å²) in [5.74, 6) is -1.62. The maximum atomic E-state index is 11.0. The van der Waals surface area contributed by atoms with Crippen molar-refractivity contribution in [1.29, 1.82) is 0 Å². The number of aliphatic hydroxyl groups excluding tert-OH is 4. The van der Waals surface area contributed by atoms with Crippen LogP contribution < -0.4 is 53.2 Å². The lowest BCUT2D eigenvalue weighted by atomic mass is 10.1. The fraction of sp³-hybridized carbons (Fsp3) is 0.639. The number of allylic oxidation sites excluding steroid dienone is 3. The molecule has 0 saturated heterocycles. The number of carbonyl (C=O) groups excluding carboxylic acids is 9. The van der Waals surface area contributed by atoms with Gasteiger partial charge in [0.15, 0.2) is 23.6 Å². The lowest BCUT2D eigenvalue weighted by molar-refractivity contribution is -0.125. The van der Waals surface area contributed by atoms with E-state index in [1.807, 2.05) is 59.2 Å². The Morgan fingerprint density at radius 1 is 0.321 bits per heavy atom. The highest BCUT2D eigenvalue weighted by Gasteiger charge is 2.19. The summed E-state index contributed by atoms with van der Waals surface area (Å²) in [5.41, 5.74) is 0. The molecule has 0 aromatic carbocycles. The summed E-state index contributed by atoms with van der Waals surface area (Å²) < 4.78 is 79.2. The van der Waals surface area contributed by atoms with Gasteiger partial charge in [-0.05, 0) is 149 Å². The Labute approximate surface area is 828 Å². The number of aliphatic hydroxyl groups is 4. The SMILES string of the molecule is C.C.C.C.C.C.C.C.C.C=CC(=O)CC(O)C(O)NC(=O)C=C.C=CC(=O)CCCCOCCOCCOCCCCC(=O)C=C.C=CC(=O)NC(C)C.C=CC(=O)NCCCN(C)C.C=CC(=O)NCCCO.C=CC(=O)NCCN(C)C.C=CC(=O)NCCO.C=COCNCOCCOCC.C=COCNCOCCOCC(COCCOCNCOC=C)OCCOCNCOC=C. The van der Waals surface area contributed by atoms with E-state index in [1.54, 1.807) is 0 Å². The number of unbranched alkanes of at least 4 members (excludes halogenated alkanes) is 2. The van der Waals surface area contributed by atoms with Crippen LogP contribution in [0.2, 0.25) is 0 Å². The predicted molar refractivity (Wildman–Crippen MR) is 556 cm³/mol. The van der Waals surface area contributed by atoms with E-state index in [0.717, 1.165) is 76.6 Å². The molecule has 0 aliphatic carbocycles. The molecule has 814 valence electrons. The van der Waals surface area contributed by atoms with Gasteiger partial charge in [-0.3, -0.25) is 64.4 Å². The highest BCUT2D eigenvalue weighted by Crippen LogP contribution is 2.02. The van der Waals surface area contributed by atoms with E-state index in [-0.39, 0.29) is 140 Å². The van der Waals surface area contributed by atoms with Gasteiger partial charge in [-0.15, -0.1) is 0 Å². The third-order valence-electron chi connectivity index (χ3n) is 13.5. The Morgan fingerprint density at radius 3 is 0.934 bits per heavy atom. The van der Waals surface area contributed by atoms with Crippen LogP contribution in [0, 0.1) is 0 Å². The van der Waals surface area contributed by atoms with Gasteiger partial charge in [-0.1, -0.05) is 152 Å². The Bertz CT molecular complexity index is 2660. The van der Waals surface area contributed by atoms with Gasteiger partial charge in [-0.25, -0.2) is 0 Å². The Balaban J connectivity index is -0.0000000755. The van der Waals surface area contributed by atoms with E-state index in [9.17, 15) is 48.3 Å². The van der Waals surface area contributed by atoms with Crippen LogP contribution in [0.5, 0.6) is 0 Å². The molecule has 0 aromatic heterocycles. The number of amides is 6. The second kappa shape index (κ2) is 150. The zero-order chi connectivity index (χ0) is 98.2. The lowest BCUT2D eigenvalue weighted by Gasteiger charge is -2.18. The fourth-order valence-electron chi connectivity index (χ4n) is 7.13. The standard InChI is InChI=1S/C21H41N3O9.C18H30O5.C9H13NO4.C8H16N2O.C8H17NO3.C7H14N2O.C6H11NO2.C6H11NO.C5H9NO2.9CH4/c1-4-25-15-22-18-30-9-7-28-13-21(33-12-11-32-20-24-17-27-6-3)14-29-8-10-31-19-23-16-26-5-2;1-3-17(19)9-5-7-11-21-13-15-23-16-14-22-12-8-6-10-18(20)4-2;1-3-6(11)5-7(12)9(14)10-8(13)4-2;1-4-8(11)9-6-5-7-10(2)3;1-3-10-5-6-12-8-9-7-11-4-2;1-4-7(10)8-5-6-9(2)3;1-2-6(9)7-4-3-5-8;1-4-6(8)7-5(2)3;1-2-5(8)6-3-4-7;;;;;;;;;/h4-6,21-24H,1-3,7-20H2;3-4H,1-2,5-16H2;3-4,7,9,12,14H,1-2,5H2,(H,10,13);4H,1,5-7H2,2-3H3,(H,9,11);4,9H,2-3,5-8H2,1H3;4H,1,5-6H2,2-3H3,(H,8,10);2,8H,1,3-5H2,(H,7,9);4-5H,1H2,2-3H3,(H,7,8);2,7H,1,3-4H2,(H,6,8);9*1H4. The highest BCUT2D eigenvalue weighted by atomic mass is 16.6.